The van der Waals surface area contributed by atoms with E-state index < -0.39 is 17.9 Å². The molecule has 1 unspecified atom stereocenters. The molecule has 0 saturated carbocycles. The first kappa shape index (κ1) is 27.2. The molecule has 0 fully saturated rings. The Bertz CT molecular complexity index is 1250. The lowest BCUT2D eigenvalue weighted by Gasteiger charge is -2.24. The average molecular weight is 527 g/mol. The monoisotopic (exact) mass is 526 g/mol. The Morgan fingerprint density at radius 2 is 1.47 bits per heavy atom. The molecule has 6 nitrogen and oxygen atoms in total. The molecule has 3 rings (SSSR count). The van der Waals surface area contributed by atoms with Crippen molar-refractivity contribution in [2.75, 3.05) is 12.4 Å². The van der Waals surface area contributed by atoms with E-state index in [2.05, 4.69) is 10.6 Å². The Hall–Kier alpha value is -3.35. The van der Waals surface area contributed by atoms with E-state index in [9.17, 15) is 14.4 Å². The van der Waals surface area contributed by atoms with Gasteiger partial charge in [-0.1, -0.05) is 80.4 Å². The van der Waals surface area contributed by atoms with Crippen LogP contribution in [0.3, 0.4) is 0 Å². The topological polar surface area (TPSA) is 84.5 Å². The number of methoxy groups -OCH3 is 1. The van der Waals surface area contributed by atoms with Gasteiger partial charge >= 0.3 is 5.97 Å². The third-order valence-corrected chi connectivity index (χ3v) is 6.24. The van der Waals surface area contributed by atoms with Crippen molar-refractivity contribution in [2.45, 2.75) is 38.6 Å². The molecular weight excluding hydrogens is 499 g/mol. The van der Waals surface area contributed by atoms with Gasteiger partial charge in [-0.3, -0.25) is 9.59 Å². The summed E-state index contributed by atoms with van der Waals surface area (Å²) < 4.78 is 4.93. The Morgan fingerprint density at radius 1 is 0.861 bits per heavy atom. The molecule has 36 heavy (non-hydrogen) atoms. The zero-order chi connectivity index (χ0) is 26.5. The molecule has 1 atom stereocenters. The number of carbonyl (C=O) groups excluding carboxylic acids is 3. The molecule has 0 bridgehead atoms. The first-order chi connectivity index (χ1) is 17.0. The van der Waals surface area contributed by atoms with Crippen LogP contribution in [0, 0.1) is 0 Å². The first-order valence-corrected chi connectivity index (χ1v) is 12.1. The summed E-state index contributed by atoms with van der Waals surface area (Å²) >= 11 is 12.2. The zero-order valence-corrected chi connectivity index (χ0v) is 22.0. The lowest BCUT2D eigenvalue weighted by Crippen LogP contribution is -2.43. The van der Waals surface area contributed by atoms with Crippen LogP contribution in [0.5, 0.6) is 0 Å². The van der Waals surface area contributed by atoms with Crippen molar-refractivity contribution in [3.63, 3.8) is 0 Å². The summed E-state index contributed by atoms with van der Waals surface area (Å²) in [7, 11) is 1.28. The number of halogens is 2. The third kappa shape index (κ3) is 6.65. The Morgan fingerprint density at radius 3 is 2.06 bits per heavy atom. The van der Waals surface area contributed by atoms with Gasteiger partial charge in [-0.05, 0) is 46.9 Å². The van der Waals surface area contributed by atoms with E-state index in [0.29, 0.717) is 11.3 Å². The summed E-state index contributed by atoms with van der Waals surface area (Å²) in [6, 6.07) is 18.2. The first-order valence-electron chi connectivity index (χ1n) is 11.3. The maximum atomic E-state index is 13.1. The molecule has 2 N–H and O–H groups in total. The van der Waals surface area contributed by atoms with Crippen LogP contribution < -0.4 is 10.6 Å². The Labute approximate surface area is 220 Å². The number of benzene rings is 3. The number of amides is 2. The number of hydrogen-bond donors (Lipinski definition) is 2. The summed E-state index contributed by atoms with van der Waals surface area (Å²) in [5, 5.41) is 6.07. The lowest BCUT2D eigenvalue weighted by molar-refractivity contribution is -0.142. The minimum absolute atomic E-state index is 0.189. The highest BCUT2D eigenvalue weighted by Gasteiger charge is 2.26. The van der Waals surface area contributed by atoms with Gasteiger partial charge in [0.2, 0.25) is 0 Å². The second-order valence-electron chi connectivity index (χ2n) is 9.30. The van der Waals surface area contributed by atoms with Crippen LogP contribution >= 0.6 is 23.2 Å². The summed E-state index contributed by atoms with van der Waals surface area (Å²) in [6.45, 7) is 6.07. The number of anilines is 1. The number of carbonyl (C=O) groups is 3. The van der Waals surface area contributed by atoms with Crippen molar-refractivity contribution in [2.24, 2.45) is 0 Å². The van der Waals surface area contributed by atoms with E-state index in [4.69, 9.17) is 27.9 Å². The molecule has 0 aliphatic rings. The predicted octanol–water partition coefficient (Wildman–Crippen LogP) is 6.06. The highest BCUT2D eigenvalue weighted by molar-refractivity contribution is 6.40. The molecule has 0 aliphatic carbocycles. The van der Waals surface area contributed by atoms with Gasteiger partial charge in [0.25, 0.3) is 11.8 Å². The molecule has 0 aromatic heterocycles. The van der Waals surface area contributed by atoms with Crippen LogP contribution in [0.1, 0.15) is 52.6 Å². The van der Waals surface area contributed by atoms with Crippen LogP contribution in [0.15, 0.2) is 66.7 Å². The second-order valence-corrected chi connectivity index (χ2v) is 10.1. The largest absolute Gasteiger partial charge is 0.467 e. The second kappa shape index (κ2) is 11.6. The summed E-state index contributed by atoms with van der Waals surface area (Å²) in [5.41, 5.74) is 2.62. The van der Waals surface area contributed by atoms with Crippen molar-refractivity contribution in [3.8, 4) is 0 Å². The van der Waals surface area contributed by atoms with Gasteiger partial charge in [-0.25, -0.2) is 4.79 Å². The molecule has 0 spiro atoms. The number of rotatable bonds is 7. The van der Waals surface area contributed by atoms with Crippen molar-refractivity contribution in [3.05, 3.63) is 99.0 Å². The molecular formula is C28H28Cl2N2O4. The fourth-order valence-corrected chi connectivity index (χ4v) is 4.34. The zero-order valence-electron chi connectivity index (χ0n) is 20.5. The standard InChI is InChI=1S/C28H28Cl2N2O4/c1-28(2,3)20-9-6-5-8-19(20)25(33)32-23(27(35)36-4)16-17-12-14-18(15-13-17)31-26(34)24-21(29)10-7-11-22(24)30/h5-15,23H,16H2,1-4H3,(H,31,34)(H,32,33). The van der Waals surface area contributed by atoms with Crippen molar-refractivity contribution in [1.82, 2.24) is 5.32 Å². The minimum Gasteiger partial charge on any atom is -0.467 e. The third-order valence-electron chi connectivity index (χ3n) is 5.61. The van der Waals surface area contributed by atoms with E-state index in [1.54, 1.807) is 54.6 Å². The fraction of sp³-hybridized carbons (Fsp3) is 0.250. The molecule has 0 aliphatic heterocycles. The van der Waals surface area contributed by atoms with E-state index in [1.807, 2.05) is 32.9 Å². The number of nitrogens with one attached hydrogen (secondary N) is 2. The van der Waals surface area contributed by atoms with E-state index >= 15 is 0 Å². The van der Waals surface area contributed by atoms with Crippen molar-refractivity contribution in [1.29, 1.82) is 0 Å². The molecule has 0 radical (unpaired) electrons. The maximum Gasteiger partial charge on any atom is 0.328 e. The summed E-state index contributed by atoms with van der Waals surface area (Å²) in [5.74, 6) is -1.34. The summed E-state index contributed by atoms with van der Waals surface area (Å²) in [4.78, 5) is 38.2. The van der Waals surface area contributed by atoms with Gasteiger partial charge in [-0.15, -0.1) is 0 Å². The van der Waals surface area contributed by atoms with Crippen LogP contribution in [0.25, 0.3) is 0 Å². The molecule has 2 amide bonds. The molecule has 8 heteroatoms. The Kier molecular flexibility index (Phi) is 8.77. The quantitative estimate of drug-likeness (QED) is 0.366. The van der Waals surface area contributed by atoms with Crippen LogP contribution in [-0.4, -0.2) is 30.9 Å². The van der Waals surface area contributed by atoms with Crippen LogP contribution in [0.4, 0.5) is 5.69 Å². The van der Waals surface area contributed by atoms with Crippen molar-refractivity contribution < 1.29 is 19.1 Å². The van der Waals surface area contributed by atoms with Gasteiger partial charge in [0.1, 0.15) is 6.04 Å². The van der Waals surface area contributed by atoms with Crippen LogP contribution in [0.2, 0.25) is 10.0 Å². The lowest BCUT2D eigenvalue weighted by atomic mass is 9.83. The molecule has 3 aromatic carbocycles. The van der Waals surface area contributed by atoms with E-state index in [1.165, 1.54) is 7.11 Å². The SMILES string of the molecule is COC(=O)C(Cc1ccc(NC(=O)c2c(Cl)cccc2Cl)cc1)NC(=O)c1ccccc1C(C)(C)C. The van der Waals surface area contributed by atoms with E-state index in [0.717, 1.165) is 11.1 Å². The number of esters is 1. The molecule has 0 heterocycles. The molecule has 188 valence electrons. The highest BCUT2D eigenvalue weighted by atomic mass is 35.5. The maximum absolute atomic E-state index is 13.1. The minimum atomic E-state index is -0.891. The molecule has 3 aromatic rings. The van der Waals surface area contributed by atoms with Gasteiger partial charge < -0.3 is 15.4 Å². The van der Waals surface area contributed by atoms with Gasteiger partial charge in [-0.2, -0.15) is 0 Å². The van der Waals surface area contributed by atoms with Crippen LogP contribution in [-0.2, 0) is 21.4 Å². The van der Waals surface area contributed by atoms with Gasteiger partial charge in [0.15, 0.2) is 0 Å². The predicted molar refractivity (Wildman–Crippen MR) is 143 cm³/mol. The molecule has 0 saturated heterocycles. The van der Waals surface area contributed by atoms with Crippen molar-refractivity contribution >= 4 is 46.7 Å². The Balaban J connectivity index is 1.74. The fourth-order valence-electron chi connectivity index (χ4n) is 3.77. The highest BCUT2D eigenvalue weighted by Crippen LogP contribution is 2.27. The van der Waals surface area contributed by atoms with Gasteiger partial charge in [0, 0.05) is 17.7 Å². The normalized spacial score (nSPS) is 11.9. The number of ether oxygens (including phenoxy) is 1. The average Bonchev–Trinajstić information content (AvgIpc) is 2.83. The smallest absolute Gasteiger partial charge is 0.328 e. The van der Waals surface area contributed by atoms with E-state index in [-0.39, 0.29) is 33.4 Å². The van der Waals surface area contributed by atoms with Gasteiger partial charge in [0.05, 0.1) is 22.7 Å². The summed E-state index contributed by atoms with van der Waals surface area (Å²) in [6.07, 6.45) is 0.209. The number of hydrogen-bond acceptors (Lipinski definition) is 4.